The van der Waals surface area contributed by atoms with Crippen molar-refractivity contribution in [2.24, 2.45) is 0 Å². The molecule has 2 aromatic carbocycles. The minimum atomic E-state index is -1.02. The Kier molecular flexibility index (Phi) is 7.07. The van der Waals surface area contributed by atoms with Crippen molar-refractivity contribution in [2.75, 3.05) is 7.11 Å². The van der Waals surface area contributed by atoms with Crippen LogP contribution in [0.2, 0.25) is 5.02 Å². The third-order valence-electron chi connectivity index (χ3n) is 3.74. The SMILES string of the molecule is COc1cc(C(=O)N[C@@H](CC(=O)O)c2ccc(Cl)cc2)ccc1OC(C)C. The molecule has 2 rings (SSSR count). The van der Waals surface area contributed by atoms with Gasteiger partial charge >= 0.3 is 5.97 Å². The summed E-state index contributed by atoms with van der Waals surface area (Å²) in [6.07, 6.45) is -0.289. The fraction of sp³-hybridized carbons (Fsp3) is 0.300. The number of rotatable bonds is 8. The van der Waals surface area contributed by atoms with E-state index in [1.807, 2.05) is 13.8 Å². The molecule has 0 aromatic heterocycles. The first kappa shape index (κ1) is 20.6. The molecule has 0 fully saturated rings. The Morgan fingerprint density at radius 1 is 1.11 bits per heavy atom. The Hall–Kier alpha value is -2.73. The molecule has 1 atom stereocenters. The minimum absolute atomic E-state index is 0.0385. The smallest absolute Gasteiger partial charge is 0.305 e. The van der Waals surface area contributed by atoms with Gasteiger partial charge in [-0.05, 0) is 49.7 Å². The molecule has 0 saturated carbocycles. The average Bonchev–Trinajstić information content (AvgIpc) is 2.61. The van der Waals surface area contributed by atoms with Gasteiger partial charge in [0.05, 0.1) is 25.7 Å². The number of carbonyl (C=O) groups is 2. The molecule has 0 spiro atoms. The molecule has 7 heteroatoms. The van der Waals surface area contributed by atoms with Crippen LogP contribution in [0.1, 0.15) is 42.2 Å². The number of hydrogen-bond donors (Lipinski definition) is 2. The zero-order chi connectivity index (χ0) is 20.0. The fourth-order valence-electron chi connectivity index (χ4n) is 2.52. The van der Waals surface area contributed by atoms with Gasteiger partial charge in [-0.15, -0.1) is 0 Å². The maximum atomic E-state index is 12.7. The summed E-state index contributed by atoms with van der Waals surface area (Å²) < 4.78 is 10.9. The highest BCUT2D eigenvalue weighted by molar-refractivity contribution is 6.30. The number of ether oxygens (including phenoxy) is 2. The highest BCUT2D eigenvalue weighted by atomic mass is 35.5. The van der Waals surface area contributed by atoms with Gasteiger partial charge in [0.15, 0.2) is 11.5 Å². The van der Waals surface area contributed by atoms with Crippen molar-refractivity contribution in [1.29, 1.82) is 0 Å². The largest absolute Gasteiger partial charge is 0.493 e. The van der Waals surface area contributed by atoms with Crippen molar-refractivity contribution in [3.05, 3.63) is 58.6 Å². The maximum absolute atomic E-state index is 12.7. The second kappa shape index (κ2) is 9.28. The number of benzene rings is 2. The van der Waals surface area contributed by atoms with E-state index in [1.165, 1.54) is 7.11 Å². The van der Waals surface area contributed by atoms with E-state index in [4.69, 9.17) is 21.1 Å². The van der Waals surface area contributed by atoms with Gasteiger partial charge in [-0.25, -0.2) is 0 Å². The second-order valence-electron chi connectivity index (χ2n) is 6.21. The summed E-state index contributed by atoms with van der Waals surface area (Å²) >= 11 is 5.88. The lowest BCUT2D eigenvalue weighted by Crippen LogP contribution is -2.30. The van der Waals surface area contributed by atoms with Crippen LogP contribution in [0.4, 0.5) is 0 Å². The first-order valence-electron chi connectivity index (χ1n) is 8.43. The molecule has 0 aliphatic carbocycles. The van der Waals surface area contributed by atoms with E-state index in [1.54, 1.807) is 42.5 Å². The van der Waals surface area contributed by atoms with Gasteiger partial charge in [-0.3, -0.25) is 9.59 Å². The minimum Gasteiger partial charge on any atom is -0.493 e. The Morgan fingerprint density at radius 3 is 2.33 bits per heavy atom. The second-order valence-corrected chi connectivity index (χ2v) is 6.64. The molecule has 0 saturated heterocycles. The van der Waals surface area contributed by atoms with Crippen molar-refractivity contribution in [1.82, 2.24) is 5.32 Å². The number of carboxylic acid groups (broad SMARTS) is 1. The van der Waals surface area contributed by atoms with E-state index in [0.29, 0.717) is 27.6 Å². The third kappa shape index (κ3) is 5.89. The molecule has 0 heterocycles. The molecule has 2 aromatic rings. The zero-order valence-corrected chi connectivity index (χ0v) is 16.1. The van der Waals surface area contributed by atoms with Gasteiger partial charge in [-0.2, -0.15) is 0 Å². The lowest BCUT2D eigenvalue weighted by molar-refractivity contribution is -0.137. The van der Waals surface area contributed by atoms with E-state index in [0.717, 1.165) is 0 Å². The number of amides is 1. The molecule has 0 aliphatic rings. The highest BCUT2D eigenvalue weighted by Gasteiger charge is 2.20. The first-order chi connectivity index (χ1) is 12.8. The first-order valence-corrected chi connectivity index (χ1v) is 8.80. The normalized spacial score (nSPS) is 11.7. The molecule has 1 amide bonds. The Bertz CT molecular complexity index is 805. The molecule has 27 heavy (non-hydrogen) atoms. The molecular formula is C20H22ClNO5. The molecule has 0 aliphatic heterocycles. The number of carboxylic acids is 1. The Labute approximate surface area is 163 Å². The molecule has 0 bridgehead atoms. The van der Waals surface area contributed by atoms with Gasteiger partial charge in [0.1, 0.15) is 0 Å². The number of halogens is 1. The summed E-state index contributed by atoms with van der Waals surface area (Å²) in [6, 6.07) is 10.8. The fourth-order valence-corrected chi connectivity index (χ4v) is 2.65. The number of aliphatic carboxylic acids is 1. The zero-order valence-electron chi connectivity index (χ0n) is 15.4. The number of methoxy groups -OCH3 is 1. The van der Waals surface area contributed by atoms with Crippen LogP contribution < -0.4 is 14.8 Å². The molecular weight excluding hydrogens is 370 g/mol. The quantitative estimate of drug-likeness (QED) is 0.708. The van der Waals surface area contributed by atoms with Crippen LogP contribution in [0.25, 0.3) is 0 Å². The highest BCUT2D eigenvalue weighted by Crippen LogP contribution is 2.29. The number of nitrogens with one attached hydrogen (secondary N) is 1. The summed E-state index contributed by atoms with van der Waals surface area (Å²) in [5.74, 6) is -0.472. The predicted molar refractivity (Wildman–Crippen MR) is 103 cm³/mol. The van der Waals surface area contributed by atoms with Crippen LogP contribution in [0, 0.1) is 0 Å². The lowest BCUT2D eigenvalue weighted by atomic mass is 10.0. The van der Waals surface area contributed by atoms with Crippen molar-refractivity contribution in [3.63, 3.8) is 0 Å². The molecule has 2 N–H and O–H groups in total. The van der Waals surface area contributed by atoms with Gasteiger partial charge in [0.25, 0.3) is 5.91 Å². The van der Waals surface area contributed by atoms with Crippen molar-refractivity contribution in [3.8, 4) is 11.5 Å². The van der Waals surface area contributed by atoms with E-state index in [-0.39, 0.29) is 12.5 Å². The van der Waals surface area contributed by atoms with Crippen LogP contribution in [-0.2, 0) is 4.79 Å². The van der Waals surface area contributed by atoms with Crippen LogP contribution in [0.3, 0.4) is 0 Å². The van der Waals surface area contributed by atoms with Crippen molar-refractivity contribution >= 4 is 23.5 Å². The van der Waals surface area contributed by atoms with Crippen molar-refractivity contribution < 1.29 is 24.2 Å². The summed E-state index contributed by atoms with van der Waals surface area (Å²) in [5.41, 5.74) is 0.995. The molecule has 0 radical (unpaired) electrons. The predicted octanol–water partition coefficient (Wildman–Crippen LogP) is 4.08. The van der Waals surface area contributed by atoms with Crippen molar-refractivity contribution in [2.45, 2.75) is 32.4 Å². The molecule has 6 nitrogen and oxygen atoms in total. The summed E-state index contributed by atoms with van der Waals surface area (Å²) in [7, 11) is 1.49. The average molecular weight is 392 g/mol. The van der Waals surface area contributed by atoms with Crippen LogP contribution in [0.5, 0.6) is 11.5 Å². The standard InChI is InChI=1S/C20H22ClNO5/c1-12(2)27-17-9-6-14(10-18(17)26-3)20(25)22-16(11-19(23)24)13-4-7-15(21)8-5-13/h4-10,12,16H,11H2,1-3H3,(H,22,25)(H,23,24)/t16-/m0/s1. The Balaban J connectivity index is 2.23. The number of hydrogen-bond acceptors (Lipinski definition) is 4. The van der Waals surface area contributed by atoms with Crippen LogP contribution in [-0.4, -0.2) is 30.2 Å². The van der Waals surface area contributed by atoms with Gasteiger partial charge in [0, 0.05) is 10.6 Å². The summed E-state index contributed by atoms with van der Waals surface area (Å²) in [6.45, 7) is 3.78. The number of carbonyl (C=O) groups excluding carboxylic acids is 1. The topological polar surface area (TPSA) is 84.9 Å². The van der Waals surface area contributed by atoms with Crippen LogP contribution >= 0.6 is 11.6 Å². The van der Waals surface area contributed by atoms with E-state index < -0.39 is 17.9 Å². The lowest BCUT2D eigenvalue weighted by Gasteiger charge is -2.19. The maximum Gasteiger partial charge on any atom is 0.305 e. The molecule has 0 unspecified atom stereocenters. The molecule has 144 valence electrons. The van der Waals surface area contributed by atoms with Gasteiger partial charge in [0.2, 0.25) is 0 Å². The van der Waals surface area contributed by atoms with Gasteiger partial charge < -0.3 is 19.9 Å². The van der Waals surface area contributed by atoms with E-state index in [2.05, 4.69) is 5.32 Å². The van der Waals surface area contributed by atoms with Crippen LogP contribution in [0.15, 0.2) is 42.5 Å². The van der Waals surface area contributed by atoms with E-state index >= 15 is 0 Å². The van der Waals surface area contributed by atoms with E-state index in [9.17, 15) is 14.7 Å². The van der Waals surface area contributed by atoms with Gasteiger partial charge in [-0.1, -0.05) is 23.7 Å². The summed E-state index contributed by atoms with van der Waals surface area (Å²) in [4.78, 5) is 23.9. The third-order valence-corrected chi connectivity index (χ3v) is 4.00. The monoisotopic (exact) mass is 391 g/mol. The Morgan fingerprint density at radius 2 is 1.78 bits per heavy atom. The summed E-state index contributed by atoms with van der Waals surface area (Å²) in [5, 5.41) is 12.5.